The number of rotatable bonds is 9. The third-order valence-electron chi connectivity index (χ3n) is 12.5. The molecule has 8 rings (SSSR count). The number of aromatic nitrogens is 1. The molecule has 5 aliphatic carbocycles. The van der Waals surface area contributed by atoms with Gasteiger partial charge < -0.3 is 4.48 Å². The molecule has 2 bridgehead atoms. The molecule has 2 heterocycles. The maximum atomic E-state index is 16.0. The average molecular weight is 735 g/mol. The Labute approximate surface area is 308 Å². The highest BCUT2D eigenvalue weighted by molar-refractivity contribution is 6.42. The number of aliphatic imine (C=N–C) groups is 1. The Kier molecular flexibility index (Phi) is 10.5. The second-order valence-electron chi connectivity index (χ2n) is 15.3. The minimum Gasteiger partial charge on any atom is -0.325 e. The quantitative estimate of drug-likeness (QED) is 0.0803. The van der Waals surface area contributed by atoms with E-state index in [1.807, 2.05) is 19.1 Å². The molecule has 0 N–H and O–H groups in total. The molecule has 1 aromatic heterocycles. The number of hydrogen-bond donors (Lipinski definition) is 0. The van der Waals surface area contributed by atoms with Gasteiger partial charge in [0.1, 0.15) is 0 Å². The Morgan fingerprint density at radius 2 is 1.55 bits per heavy atom. The summed E-state index contributed by atoms with van der Waals surface area (Å²) in [5.74, 6) is -10.3. The Morgan fingerprint density at radius 1 is 0.868 bits per heavy atom. The molecule has 2 saturated carbocycles. The molecule has 2 nitrogen and oxygen atoms in total. The molecule has 0 saturated heterocycles. The van der Waals surface area contributed by atoms with E-state index in [9.17, 15) is 4.39 Å². The maximum Gasteiger partial charge on any atom is 0.678 e. The van der Waals surface area contributed by atoms with Crippen LogP contribution < -0.4 is 0 Å². The predicted octanol–water partition coefficient (Wildman–Crippen LogP) is 12.8. The van der Waals surface area contributed by atoms with Gasteiger partial charge in [0.05, 0.1) is 17.0 Å². The first-order valence-corrected chi connectivity index (χ1v) is 19.3. The van der Waals surface area contributed by atoms with Crippen molar-refractivity contribution in [2.75, 3.05) is 0 Å². The first-order chi connectivity index (χ1) is 25.5. The molecule has 2 aromatic rings. The number of allylic oxidation sites excluding steroid dienone is 9. The fourth-order valence-electron chi connectivity index (χ4n) is 9.71. The zero-order chi connectivity index (χ0) is 37.8. The minimum atomic E-state index is -3.20. The smallest absolute Gasteiger partial charge is 0.325 e. The molecule has 3 atom stereocenters. The van der Waals surface area contributed by atoms with Gasteiger partial charge in [-0.2, -0.15) is 0 Å². The molecule has 0 amide bonds. The van der Waals surface area contributed by atoms with Crippen LogP contribution in [0.5, 0.6) is 0 Å². The van der Waals surface area contributed by atoms with Crippen molar-refractivity contribution in [1.29, 1.82) is 0 Å². The number of benzene rings is 1. The zero-order valence-electron chi connectivity index (χ0n) is 30.9. The van der Waals surface area contributed by atoms with E-state index in [0.29, 0.717) is 40.1 Å². The van der Waals surface area contributed by atoms with Crippen LogP contribution in [0.2, 0.25) is 0 Å². The van der Waals surface area contributed by atoms with Gasteiger partial charge in [0, 0.05) is 28.3 Å². The topological polar surface area (TPSA) is 17.3 Å². The van der Waals surface area contributed by atoms with Crippen LogP contribution in [0.25, 0.3) is 11.6 Å². The van der Waals surface area contributed by atoms with Crippen molar-refractivity contribution < 1.29 is 30.6 Å². The van der Waals surface area contributed by atoms with Crippen molar-refractivity contribution in [3.8, 4) is 0 Å². The summed E-state index contributed by atoms with van der Waals surface area (Å²) in [7, 11) is -3.20. The number of nitrogens with zero attached hydrogens (tertiary/aromatic N) is 2. The number of halogens is 7. The SMILES string of the molecule is CCC1=C(C)/C(=C(\c2c(F)c(F)c(F)c(F)c2F)c2c(C)c(CC)c(/C=C/[C@H]3CCC/C=C\CCCCC3)n2B(F)F)N=C1/C=C/C1C2=C3CCC21C3. The van der Waals surface area contributed by atoms with Gasteiger partial charge in [-0.15, -0.1) is 0 Å². The first kappa shape index (κ1) is 37.5. The molecule has 10 heteroatoms. The maximum absolute atomic E-state index is 16.0. The van der Waals surface area contributed by atoms with Gasteiger partial charge in [-0.3, -0.25) is 8.63 Å². The van der Waals surface area contributed by atoms with Crippen LogP contribution in [0.4, 0.5) is 30.6 Å². The van der Waals surface area contributed by atoms with Gasteiger partial charge in [-0.05, 0) is 125 Å². The monoisotopic (exact) mass is 734 g/mol. The largest absolute Gasteiger partial charge is 0.678 e. The summed E-state index contributed by atoms with van der Waals surface area (Å²) >= 11 is 0. The summed E-state index contributed by atoms with van der Waals surface area (Å²) in [4.78, 5) is 4.80. The lowest BCUT2D eigenvalue weighted by molar-refractivity contribution is 0.376. The highest BCUT2D eigenvalue weighted by Crippen LogP contribution is 2.79. The van der Waals surface area contributed by atoms with Gasteiger partial charge in [-0.25, -0.2) is 26.9 Å². The molecule has 53 heavy (non-hydrogen) atoms. The molecule has 1 spiro atoms. The standard InChI is InChI=1S/C43H46BF7N2/c1-5-28-24(3)41(52-31(28)19-18-30-35-27-21-22-43(30,35)23-27)34(33-36(45)38(47)40(49)39(48)37(33)46)42-25(4)29(6-2)32(53(42)44(50)51)20-17-26-15-13-11-9-7-8-10-12-14-16-26/h7,9,17-20,26,30H,5-6,8,10-16,21-23H2,1-4H3/b9-7-,19-18+,20-17+,41-34-/t26-,30?,43?/m0/s1. The average Bonchev–Trinajstić information content (AvgIpc) is 3.67. The van der Waals surface area contributed by atoms with Crippen LogP contribution in [0.1, 0.15) is 126 Å². The molecule has 1 aromatic carbocycles. The predicted molar refractivity (Wildman–Crippen MR) is 199 cm³/mol. The van der Waals surface area contributed by atoms with Crippen molar-refractivity contribution in [3.05, 3.63) is 116 Å². The lowest BCUT2D eigenvalue weighted by Gasteiger charge is -2.19. The normalized spacial score (nSPS) is 26.0. The lowest BCUT2D eigenvalue weighted by atomic mass is 9.91. The Morgan fingerprint density at radius 3 is 2.17 bits per heavy atom. The van der Waals surface area contributed by atoms with Gasteiger partial charge in [0.25, 0.3) is 0 Å². The van der Waals surface area contributed by atoms with Gasteiger partial charge in [0.2, 0.25) is 5.82 Å². The molecule has 280 valence electrons. The van der Waals surface area contributed by atoms with E-state index in [2.05, 4.69) is 18.2 Å². The lowest BCUT2D eigenvalue weighted by Crippen LogP contribution is -2.20. The molecule has 2 fully saturated rings. The van der Waals surface area contributed by atoms with Crippen LogP contribution in [0, 0.1) is 53.3 Å². The van der Waals surface area contributed by atoms with Gasteiger partial charge in [-0.1, -0.05) is 62.1 Å². The molecule has 0 radical (unpaired) electrons. The fourth-order valence-corrected chi connectivity index (χ4v) is 9.71. The van der Waals surface area contributed by atoms with E-state index in [0.717, 1.165) is 76.2 Å². The third kappa shape index (κ3) is 6.26. The van der Waals surface area contributed by atoms with Crippen LogP contribution in [0.3, 0.4) is 0 Å². The van der Waals surface area contributed by atoms with Gasteiger partial charge >= 0.3 is 7.40 Å². The summed E-state index contributed by atoms with van der Waals surface area (Å²) in [6.07, 6.45) is 23.9. The molecular formula is C43H46BF7N2. The molecule has 1 aliphatic heterocycles. The van der Waals surface area contributed by atoms with Crippen LogP contribution >= 0.6 is 0 Å². The molecule has 2 unspecified atom stereocenters. The fraction of sp³-hybridized carbons (Fsp3) is 0.465. The Bertz CT molecular complexity index is 2030. The third-order valence-corrected chi connectivity index (χ3v) is 12.5. The summed E-state index contributed by atoms with van der Waals surface area (Å²) < 4.78 is 108. The second-order valence-corrected chi connectivity index (χ2v) is 15.3. The van der Waals surface area contributed by atoms with Crippen molar-refractivity contribution in [1.82, 2.24) is 4.48 Å². The van der Waals surface area contributed by atoms with Crippen molar-refractivity contribution in [3.63, 3.8) is 0 Å². The van der Waals surface area contributed by atoms with E-state index in [-0.39, 0.29) is 34.0 Å². The molecular weight excluding hydrogens is 688 g/mol. The number of hydrogen-bond acceptors (Lipinski definition) is 1. The van der Waals surface area contributed by atoms with E-state index in [1.165, 1.54) is 11.1 Å². The molecule has 6 aliphatic rings. The van der Waals surface area contributed by atoms with E-state index in [1.54, 1.807) is 26.8 Å². The number of fused-ring (bicyclic) bond motifs is 1. The van der Waals surface area contributed by atoms with Gasteiger partial charge in [0.15, 0.2) is 23.3 Å². The minimum absolute atomic E-state index is 0.0812. The summed E-state index contributed by atoms with van der Waals surface area (Å²) in [5, 5.41) is 0. The van der Waals surface area contributed by atoms with Crippen molar-refractivity contribution >= 4 is 24.8 Å². The highest BCUT2D eigenvalue weighted by Gasteiger charge is 2.69. The van der Waals surface area contributed by atoms with Crippen LogP contribution in [0.15, 0.2) is 63.4 Å². The van der Waals surface area contributed by atoms with E-state index in [4.69, 9.17) is 4.99 Å². The zero-order valence-corrected chi connectivity index (χ0v) is 30.9. The Hall–Kier alpha value is -3.82. The highest BCUT2D eigenvalue weighted by atomic mass is 19.2. The van der Waals surface area contributed by atoms with E-state index >= 15 is 26.2 Å². The van der Waals surface area contributed by atoms with Crippen LogP contribution in [-0.4, -0.2) is 17.6 Å². The van der Waals surface area contributed by atoms with Crippen molar-refractivity contribution in [2.24, 2.45) is 22.2 Å². The second kappa shape index (κ2) is 14.8. The summed E-state index contributed by atoms with van der Waals surface area (Å²) in [6, 6.07) is 0. The summed E-state index contributed by atoms with van der Waals surface area (Å²) in [5.41, 5.74) is 3.64. The van der Waals surface area contributed by atoms with Crippen LogP contribution in [-0.2, 0) is 6.42 Å². The Balaban J connectivity index is 1.42. The van der Waals surface area contributed by atoms with E-state index < -0.39 is 47.6 Å². The first-order valence-electron chi connectivity index (χ1n) is 19.3. The summed E-state index contributed by atoms with van der Waals surface area (Å²) in [6.45, 7) is 6.92. The van der Waals surface area contributed by atoms with Crippen molar-refractivity contribution in [2.45, 2.75) is 111 Å².